The zero-order valence-electron chi connectivity index (χ0n) is 11.4. The van der Waals surface area contributed by atoms with E-state index in [4.69, 9.17) is 9.47 Å². The van der Waals surface area contributed by atoms with Crippen LogP contribution in [0.25, 0.3) is 0 Å². The number of para-hydroxylation sites is 1. The zero-order chi connectivity index (χ0) is 14.1. The van der Waals surface area contributed by atoms with Crippen LogP contribution in [0.3, 0.4) is 0 Å². The van der Waals surface area contributed by atoms with Crippen LogP contribution in [0.1, 0.15) is 5.56 Å². The summed E-state index contributed by atoms with van der Waals surface area (Å²) >= 11 is 0. The van der Waals surface area contributed by atoms with Crippen LogP contribution in [0.5, 0.6) is 0 Å². The Morgan fingerprint density at radius 2 is 1.74 bits per heavy atom. The van der Waals surface area contributed by atoms with Crippen molar-refractivity contribution in [3.05, 3.63) is 39.9 Å². The summed E-state index contributed by atoms with van der Waals surface area (Å²) in [5.41, 5.74) is 0.863. The van der Waals surface area contributed by atoms with Crippen LogP contribution < -0.4 is 0 Å². The fraction of sp³-hybridized carbons (Fsp3) is 0.538. The van der Waals surface area contributed by atoms with Crippen molar-refractivity contribution in [1.82, 2.24) is 4.90 Å². The lowest BCUT2D eigenvalue weighted by molar-refractivity contribution is -0.385. The highest BCUT2D eigenvalue weighted by atomic mass is 16.6. The van der Waals surface area contributed by atoms with Gasteiger partial charge in [0, 0.05) is 45.5 Å². The van der Waals surface area contributed by atoms with Gasteiger partial charge >= 0.3 is 0 Å². The van der Waals surface area contributed by atoms with Crippen molar-refractivity contribution < 1.29 is 14.4 Å². The van der Waals surface area contributed by atoms with Crippen molar-refractivity contribution in [2.45, 2.75) is 6.54 Å². The molecule has 1 aromatic rings. The fourth-order valence-corrected chi connectivity index (χ4v) is 1.77. The maximum Gasteiger partial charge on any atom is 0.273 e. The average Bonchev–Trinajstić information content (AvgIpc) is 2.42. The summed E-state index contributed by atoms with van der Waals surface area (Å²) in [5.74, 6) is 0. The molecule has 0 bridgehead atoms. The number of ether oxygens (including phenoxy) is 2. The molecule has 6 nitrogen and oxygen atoms in total. The molecule has 0 heterocycles. The number of hydrogen-bond donors (Lipinski definition) is 0. The van der Waals surface area contributed by atoms with Gasteiger partial charge in [-0.25, -0.2) is 0 Å². The molecule has 0 aromatic heterocycles. The highest BCUT2D eigenvalue weighted by Gasteiger charge is 2.15. The van der Waals surface area contributed by atoms with Gasteiger partial charge in [-0.3, -0.25) is 15.0 Å². The molecule has 19 heavy (non-hydrogen) atoms. The zero-order valence-corrected chi connectivity index (χ0v) is 11.4. The Labute approximate surface area is 113 Å². The van der Waals surface area contributed by atoms with E-state index in [0.29, 0.717) is 38.4 Å². The molecule has 1 rings (SSSR count). The standard InChI is InChI=1S/C13H20N2O4/c1-18-9-7-14(8-10-19-2)11-12-5-3-4-6-13(12)15(16)17/h3-6H,7-11H2,1-2H3. The number of nitro benzene ring substituents is 1. The lowest BCUT2D eigenvalue weighted by Gasteiger charge is -2.21. The predicted molar refractivity (Wildman–Crippen MR) is 72.1 cm³/mol. The normalized spacial score (nSPS) is 10.9. The maximum atomic E-state index is 11.0. The van der Waals surface area contributed by atoms with Crippen molar-refractivity contribution in [3.8, 4) is 0 Å². The van der Waals surface area contributed by atoms with Crippen molar-refractivity contribution in [2.75, 3.05) is 40.5 Å². The first-order valence-corrected chi connectivity index (χ1v) is 6.11. The molecule has 0 aliphatic carbocycles. The van der Waals surface area contributed by atoms with Crippen LogP contribution in [-0.4, -0.2) is 50.3 Å². The minimum Gasteiger partial charge on any atom is -0.383 e. The third-order valence-corrected chi connectivity index (χ3v) is 2.81. The minimum absolute atomic E-state index is 0.155. The lowest BCUT2D eigenvalue weighted by atomic mass is 10.1. The second-order valence-electron chi connectivity index (χ2n) is 4.15. The number of rotatable bonds is 9. The molecule has 0 atom stereocenters. The van der Waals surface area contributed by atoms with Crippen molar-refractivity contribution in [2.24, 2.45) is 0 Å². The number of hydrogen-bond acceptors (Lipinski definition) is 5. The largest absolute Gasteiger partial charge is 0.383 e. The van der Waals surface area contributed by atoms with Crippen LogP contribution in [0.15, 0.2) is 24.3 Å². The number of nitrogens with zero attached hydrogens (tertiary/aromatic N) is 2. The van der Waals surface area contributed by atoms with E-state index in [1.54, 1.807) is 26.4 Å². The first-order chi connectivity index (χ1) is 9.19. The molecule has 0 fully saturated rings. The van der Waals surface area contributed by atoms with Crippen LogP contribution in [0.2, 0.25) is 0 Å². The molecule has 1 aromatic carbocycles. The van der Waals surface area contributed by atoms with Crippen LogP contribution in [0.4, 0.5) is 5.69 Å². The summed E-state index contributed by atoms with van der Waals surface area (Å²) in [6.45, 7) is 3.12. The quantitative estimate of drug-likeness (QED) is 0.503. The molecule has 0 spiro atoms. The van der Waals surface area contributed by atoms with Gasteiger partial charge in [0.25, 0.3) is 5.69 Å². The fourth-order valence-electron chi connectivity index (χ4n) is 1.77. The molecule has 0 saturated carbocycles. The van der Waals surface area contributed by atoms with Gasteiger partial charge in [-0.05, 0) is 0 Å². The number of nitro groups is 1. The Morgan fingerprint density at radius 1 is 1.16 bits per heavy atom. The molecular formula is C13H20N2O4. The van der Waals surface area contributed by atoms with E-state index in [1.165, 1.54) is 6.07 Å². The maximum absolute atomic E-state index is 11.0. The van der Waals surface area contributed by atoms with Crippen LogP contribution in [-0.2, 0) is 16.0 Å². The van der Waals surface area contributed by atoms with Gasteiger partial charge in [0.1, 0.15) is 0 Å². The summed E-state index contributed by atoms with van der Waals surface area (Å²) in [6, 6.07) is 6.80. The second kappa shape index (κ2) is 8.58. The minimum atomic E-state index is -0.347. The van der Waals surface area contributed by atoms with Crippen LogP contribution >= 0.6 is 0 Å². The topological polar surface area (TPSA) is 64.8 Å². The number of methoxy groups -OCH3 is 2. The van der Waals surface area contributed by atoms with E-state index < -0.39 is 0 Å². The number of benzene rings is 1. The van der Waals surface area contributed by atoms with Gasteiger partial charge in [0.05, 0.1) is 18.1 Å². The van der Waals surface area contributed by atoms with Crippen molar-refractivity contribution >= 4 is 5.69 Å². The third kappa shape index (κ3) is 5.34. The van der Waals surface area contributed by atoms with E-state index in [-0.39, 0.29) is 10.6 Å². The predicted octanol–water partition coefficient (Wildman–Crippen LogP) is 1.69. The Bertz CT molecular complexity index is 390. The summed E-state index contributed by atoms with van der Waals surface area (Å²) in [6.07, 6.45) is 0. The second-order valence-corrected chi connectivity index (χ2v) is 4.15. The first-order valence-electron chi connectivity index (χ1n) is 6.11. The molecule has 0 N–H and O–H groups in total. The highest BCUT2D eigenvalue weighted by molar-refractivity contribution is 5.39. The SMILES string of the molecule is COCCN(CCOC)Cc1ccccc1[N+](=O)[O-]. The van der Waals surface area contributed by atoms with Crippen molar-refractivity contribution in [3.63, 3.8) is 0 Å². The van der Waals surface area contributed by atoms with Crippen LogP contribution in [0, 0.1) is 10.1 Å². The van der Waals surface area contributed by atoms with Gasteiger partial charge in [-0.1, -0.05) is 18.2 Å². The van der Waals surface area contributed by atoms with Gasteiger partial charge in [-0.15, -0.1) is 0 Å². The monoisotopic (exact) mass is 268 g/mol. The first kappa shape index (κ1) is 15.6. The smallest absolute Gasteiger partial charge is 0.273 e. The molecule has 0 radical (unpaired) electrons. The molecule has 0 aliphatic rings. The Balaban J connectivity index is 2.74. The van der Waals surface area contributed by atoms with E-state index in [0.717, 1.165) is 0 Å². The van der Waals surface area contributed by atoms with Gasteiger partial charge in [0.15, 0.2) is 0 Å². The Kier molecular flexibility index (Phi) is 7.02. The molecule has 106 valence electrons. The lowest BCUT2D eigenvalue weighted by Crippen LogP contribution is -2.30. The summed E-state index contributed by atoms with van der Waals surface area (Å²) < 4.78 is 10.1. The summed E-state index contributed by atoms with van der Waals surface area (Å²) in [4.78, 5) is 12.7. The molecule has 0 aliphatic heterocycles. The summed E-state index contributed by atoms with van der Waals surface area (Å²) in [7, 11) is 3.28. The van der Waals surface area contributed by atoms with E-state index in [2.05, 4.69) is 4.90 Å². The molecule has 0 amide bonds. The van der Waals surface area contributed by atoms with E-state index in [1.807, 2.05) is 6.07 Å². The molecular weight excluding hydrogens is 248 g/mol. The van der Waals surface area contributed by atoms with Gasteiger partial charge in [0.2, 0.25) is 0 Å². The van der Waals surface area contributed by atoms with E-state index >= 15 is 0 Å². The Hall–Kier alpha value is -1.50. The van der Waals surface area contributed by atoms with Gasteiger partial charge in [-0.2, -0.15) is 0 Å². The highest BCUT2D eigenvalue weighted by Crippen LogP contribution is 2.19. The third-order valence-electron chi connectivity index (χ3n) is 2.81. The molecule has 0 unspecified atom stereocenters. The van der Waals surface area contributed by atoms with E-state index in [9.17, 15) is 10.1 Å². The summed E-state index contributed by atoms with van der Waals surface area (Å²) in [5, 5.41) is 11.0. The van der Waals surface area contributed by atoms with Crippen molar-refractivity contribution in [1.29, 1.82) is 0 Å². The molecule has 6 heteroatoms. The van der Waals surface area contributed by atoms with Gasteiger partial charge < -0.3 is 9.47 Å². The average molecular weight is 268 g/mol. The Morgan fingerprint density at radius 3 is 2.26 bits per heavy atom. The molecule has 0 saturated heterocycles.